The van der Waals surface area contributed by atoms with Gasteiger partial charge in [-0.15, -0.1) is 0 Å². The summed E-state index contributed by atoms with van der Waals surface area (Å²) in [5, 5.41) is 17.2. The maximum atomic E-state index is 10.8. The van der Waals surface area contributed by atoms with Gasteiger partial charge in [0, 0.05) is 18.2 Å². The van der Waals surface area contributed by atoms with E-state index in [0.29, 0.717) is 31.5 Å². The highest BCUT2D eigenvalue weighted by atomic mass is 16.5. The van der Waals surface area contributed by atoms with Crippen LogP contribution in [-0.4, -0.2) is 36.2 Å². The number of aryl methyl sites for hydroxylation is 2. The molecule has 2 rings (SSSR count). The number of aliphatic hydroxyl groups is 1. The zero-order valence-corrected chi connectivity index (χ0v) is 16.1. The number of hydrogen-bond donors (Lipinski definition) is 3. The van der Waals surface area contributed by atoms with Crippen molar-refractivity contribution in [1.82, 2.24) is 15.6 Å². The minimum atomic E-state index is -1.08. The lowest BCUT2D eigenvalue weighted by Crippen LogP contribution is -2.44. The molecule has 2 aromatic rings. The Balaban J connectivity index is 2.05. The van der Waals surface area contributed by atoms with Gasteiger partial charge in [0.05, 0.1) is 25.9 Å². The SMILES string of the molecule is CCNC(=NCc1cccc(OC)n1)NCC(C)(O)c1cc(C)oc1C. The summed E-state index contributed by atoms with van der Waals surface area (Å²) >= 11 is 0. The average molecular weight is 360 g/mol. The Morgan fingerprint density at radius 2 is 2.12 bits per heavy atom. The molecule has 0 saturated carbocycles. The standard InChI is InChI=1S/C19H28N4O3/c1-6-20-18(21-11-15-8-7-9-17(23-15)25-5)22-12-19(4,24)16-10-13(2)26-14(16)3/h7-10,24H,6,11-12H2,1-5H3,(H2,20,21,22). The predicted molar refractivity (Wildman–Crippen MR) is 101 cm³/mol. The molecule has 0 aliphatic heterocycles. The lowest BCUT2D eigenvalue weighted by molar-refractivity contribution is 0.0601. The number of nitrogens with one attached hydrogen (secondary N) is 2. The second-order valence-electron chi connectivity index (χ2n) is 6.32. The van der Waals surface area contributed by atoms with E-state index >= 15 is 0 Å². The average Bonchev–Trinajstić information content (AvgIpc) is 2.97. The lowest BCUT2D eigenvalue weighted by atomic mass is 9.96. The second-order valence-corrected chi connectivity index (χ2v) is 6.32. The molecule has 1 atom stereocenters. The molecule has 0 radical (unpaired) electrons. The van der Waals surface area contributed by atoms with Gasteiger partial charge in [-0.1, -0.05) is 6.07 Å². The van der Waals surface area contributed by atoms with Crippen molar-refractivity contribution in [3.63, 3.8) is 0 Å². The van der Waals surface area contributed by atoms with Gasteiger partial charge < -0.3 is 24.9 Å². The predicted octanol–water partition coefficient (Wildman–Crippen LogP) is 2.26. The number of furan rings is 1. The van der Waals surface area contributed by atoms with Gasteiger partial charge >= 0.3 is 0 Å². The first-order valence-corrected chi connectivity index (χ1v) is 8.67. The van der Waals surface area contributed by atoms with Crippen molar-refractivity contribution in [2.45, 2.75) is 39.8 Å². The van der Waals surface area contributed by atoms with Crippen LogP contribution in [0.25, 0.3) is 0 Å². The number of aliphatic imine (C=N–C) groups is 1. The van der Waals surface area contributed by atoms with Crippen LogP contribution in [-0.2, 0) is 12.1 Å². The van der Waals surface area contributed by atoms with Gasteiger partial charge in [0.1, 0.15) is 17.1 Å². The summed E-state index contributed by atoms with van der Waals surface area (Å²) in [5.41, 5.74) is 0.495. The van der Waals surface area contributed by atoms with E-state index in [4.69, 9.17) is 9.15 Å². The summed E-state index contributed by atoms with van der Waals surface area (Å²) in [6, 6.07) is 7.43. The lowest BCUT2D eigenvalue weighted by Gasteiger charge is -2.24. The quantitative estimate of drug-likeness (QED) is 0.518. The first-order chi connectivity index (χ1) is 12.4. The van der Waals surface area contributed by atoms with Crippen LogP contribution in [0, 0.1) is 13.8 Å². The zero-order valence-electron chi connectivity index (χ0n) is 16.1. The molecule has 3 N–H and O–H groups in total. The molecule has 2 heterocycles. The monoisotopic (exact) mass is 360 g/mol. The third-order valence-electron chi connectivity index (χ3n) is 3.96. The minimum Gasteiger partial charge on any atom is -0.481 e. The van der Waals surface area contributed by atoms with E-state index in [-0.39, 0.29) is 0 Å². The number of pyridine rings is 1. The molecule has 0 aliphatic rings. The molecular weight excluding hydrogens is 332 g/mol. The number of hydrogen-bond acceptors (Lipinski definition) is 5. The summed E-state index contributed by atoms with van der Waals surface area (Å²) in [6.07, 6.45) is 0. The van der Waals surface area contributed by atoms with Crippen LogP contribution < -0.4 is 15.4 Å². The molecule has 2 aromatic heterocycles. The van der Waals surface area contributed by atoms with Crippen LogP contribution in [0.2, 0.25) is 0 Å². The van der Waals surface area contributed by atoms with E-state index in [0.717, 1.165) is 22.8 Å². The zero-order chi connectivity index (χ0) is 19.2. The number of ether oxygens (including phenoxy) is 1. The van der Waals surface area contributed by atoms with Crippen molar-refractivity contribution < 1.29 is 14.3 Å². The normalized spacial score (nSPS) is 14.0. The Hall–Kier alpha value is -2.54. The van der Waals surface area contributed by atoms with Crippen molar-refractivity contribution in [2.24, 2.45) is 4.99 Å². The second kappa shape index (κ2) is 8.71. The van der Waals surface area contributed by atoms with Gasteiger partial charge in [0.2, 0.25) is 5.88 Å². The first kappa shape index (κ1) is 19.8. The number of nitrogens with zero attached hydrogens (tertiary/aromatic N) is 2. The summed E-state index contributed by atoms with van der Waals surface area (Å²) in [7, 11) is 1.59. The van der Waals surface area contributed by atoms with E-state index < -0.39 is 5.60 Å². The van der Waals surface area contributed by atoms with E-state index in [1.165, 1.54) is 0 Å². The fourth-order valence-electron chi connectivity index (χ4n) is 2.68. The Morgan fingerprint density at radius 1 is 1.35 bits per heavy atom. The van der Waals surface area contributed by atoms with Gasteiger partial charge in [0.25, 0.3) is 0 Å². The van der Waals surface area contributed by atoms with Crippen LogP contribution in [0.4, 0.5) is 0 Å². The minimum absolute atomic E-state index is 0.296. The van der Waals surface area contributed by atoms with Crippen LogP contribution in [0.5, 0.6) is 5.88 Å². The maximum Gasteiger partial charge on any atom is 0.213 e. The topological polar surface area (TPSA) is 91.9 Å². The molecule has 0 amide bonds. The highest BCUT2D eigenvalue weighted by Gasteiger charge is 2.27. The van der Waals surface area contributed by atoms with Gasteiger partial charge in [0.15, 0.2) is 5.96 Å². The molecule has 0 fully saturated rings. The Kier molecular flexibility index (Phi) is 6.63. The molecule has 1 unspecified atom stereocenters. The van der Waals surface area contributed by atoms with Crippen molar-refractivity contribution in [3.8, 4) is 5.88 Å². The van der Waals surface area contributed by atoms with Crippen LogP contribution in [0.1, 0.15) is 36.6 Å². The van der Waals surface area contributed by atoms with E-state index in [1.807, 2.05) is 39.0 Å². The third kappa shape index (κ3) is 5.23. The van der Waals surface area contributed by atoms with Gasteiger partial charge in [-0.3, -0.25) is 0 Å². The van der Waals surface area contributed by atoms with Crippen LogP contribution in [0.15, 0.2) is 33.7 Å². The Morgan fingerprint density at radius 3 is 2.73 bits per heavy atom. The maximum absolute atomic E-state index is 10.8. The number of guanidine groups is 1. The van der Waals surface area contributed by atoms with Crippen LogP contribution >= 0.6 is 0 Å². The number of aromatic nitrogens is 1. The highest BCUT2D eigenvalue weighted by Crippen LogP contribution is 2.26. The van der Waals surface area contributed by atoms with Crippen molar-refractivity contribution in [3.05, 3.63) is 47.0 Å². The molecule has 7 heteroatoms. The molecule has 0 saturated heterocycles. The Labute approximate surface area is 154 Å². The molecule has 0 spiro atoms. The molecule has 0 aliphatic carbocycles. The molecule has 7 nitrogen and oxygen atoms in total. The molecule has 0 bridgehead atoms. The summed E-state index contributed by atoms with van der Waals surface area (Å²) < 4.78 is 10.7. The smallest absolute Gasteiger partial charge is 0.213 e. The number of rotatable bonds is 7. The fraction of sp³-hybridized carbons (Fsp3) is 0.474. The largest absolute Gasteiger partial charge is 0.481 e. The number of methoxy groups -OCH3 is 1. The molecule has 26 heavy (non-hydrogen) atoms. The molecule has 0 aromatic carbocycles. The third-order valence-corrected chi connectivity index (χ3v) is 3.96. The van der Waals surface area contributed by atoms with E-state index in [2.05, 4.69) is 20.6 Å². The van der Waals surface area contributed by atoms with Crippen molar-refractivity contribution >= 4 is 5.96 Å². The molecular formula is C19H28N4O3. The summed E-state index contributed by atoms with van der Waals surface area (Å²) in [5.74, 6) is 2.67. The first-order valence-electron chi connectivity index (χ1n) is 8.67. The van der Waals surface area contributed by atoms with E-state index in [9.17, 15) is 5.11 Å². The fourth-order valence-corrected chi connectivity index (χ4v) is 2.68. The highest BCUT2D eigenvalue weighted by molar-refractivity contribution is 5.79. The molecule has 142 valence electrons. The van der Waals surface area contributed by atoms with Gasteiger partial charge in [-0.2, -0.15) is 0 Å². The van der Waals surface area contributed by atoms with Crippen LogP contribution in [0.3, 0.4) is 0 Å². The summed E-state index contributed by atoms with van der Waals surface area (Å²) in [4.78, 5) is 8.87. The summed E-state index contributed by atoms with van der Waals surface area (Å²) in [6.45, 7) is 8.87. The van der Waals surface area contributed by atoms with Gasteiger partial charge in [-0.05, 0) is 39.8 Å². The van der Waals surface area contributed by atoms with Crippen molar-refractivity contribution in [1.29, 1.82) is 0 Å². The Bertz CT molecular complexity index is 753. The van der Waals surface area contributed by atoms with E-state index in [1.54, 1.807) is 20.1 Å². The van der Waals surface area contributed by atoms with Gasteiger partial charge in [-0.25, -0.2) is 9.98 Å². The van der Waals surface area contributed by atoms with Crippen molar-refractivity contribution in [2.75, 3.05) is 20.2 Å².